The minimum Gasteiger partial charge on any atom is -0.379 e. The SMILES string of the molecule is CC(C)OCCCNCCN1CCN(CC(F)(F)F)CC1. The zero-order valence-corrected chi connectivity index (χ0v) is 13.1. The summed E-state index contributed by atoms with van der Waals surface area (Å²) in [5, 5.41) is 3.34. The van der Waals surface area contributed by atoms with E-state index in [0.29, 0.717) is 26.2 Å². The molecule has 21 heavy (non-hydrogen) atoms. The highest BCUT2D eigenvalue weighted by Crippen LogP contribution is 2.17. The van der Waals surface area contributed by atoms with Crippen molar-refractivity contribution in [2.45, 2.75) is 32.5 Å². The van der Waals surface area contributed by atoms with Crippen molar-refractivity contribution in [2.24, 2.45) is 0 Å². The molecular weight excluding hydrogens is 283 g/mol. The zero-order chi connectivity index (χ0) is 15.7. The van der Waals surface area contributed by atoms with Crippen LogP contribution in [-0.2, 0) is 4.74 Å². The third-order valence-corrected chi connectivity index (χ3v) is 3.42. The molecule has 126 valence electrons. The molecule has 0 saturated carbocycles. The lowest BCUT2D eigenvalue weighted by Crippen LogP contribution is -2.50. The molecule has 1 fully saturated rings. The quantitative estimate of drug-likeness (QED) is 0.654. The van der Waals surface area contributed by atoms with Crippen LogP contribution in [0.3, 0.4) is 0 Å². The highest BCUT2D eigenvalue weighted by atomic mass is 19.4. The minimum absolute atomic E-state index is 0.276. The summed E-state index contributed by atoms with van der Waals surface area (Å²) in [5.41, 5.74) is 0. The summed E-state index contributed by atoms with van der Waals surface area (Å²) >= 11 is 0. The summed E-state index contributed by atoms with van der Waals surface area (Å²) in [6.07, 6.45) is -2.82. The molecule has 0 aromatic rings. The first-order chi connectivity index (χ1) is 9.87. The van der Waals surface area contributed by atoms with Gasteiger partial charge in [0.2, 0.25) is 0 Å². The van der Waals surface area contributed by atoms with Crippen LogP contribution in [0.25, 0.3) is 0 Å². The molecule has 1 aliphatic rings. The molecule has 7 heteroatoms. The largest absolute Gasteiger partial charge is 0.401 e. The van der Waals surface area contributed by atoms with Gasteiger partial charge in [0.15, 0.2) is 0 Å². The number of hydrogen-bond donors (Lipinski definition) is 1. The Morgan fingerprint density at radius 2 is 1.67 bits per heavy atom. The molecule has 0 spiro atoms. The van der Waals surface area contributed by atoms with Crippen LogP contribution >= 0.6 is 0 Å². The fourth-order valence-corrected chi connectivity index (χ4v) is 2.30. The van der Waals surface area contributed by atoms with Gasteiger partial charge in [-0.25, -0.2) is 0 Å². The van der Waals surface area contributed by atoms with Crippen LogP contribution < -0.4 is 5.32 Å². The van der Waals surface area contributed by atoms with E-state index >= 15 is 0 Å². The normalized spacial score (nSPS) is 18.6. The van der Waals surface area contributed by atoms with E-state index in [9.17, 15) is 13.2 Å². The molecule has 1 heterocycles. The van der Waals surface area contributed by atoms with Crippen molar-refractivity contribution in [1.29, 1.82) is 0 Å². The lowest BCUT2D eigenvalue weighted by atomic mass is 10.3. The molecule has 0 aromatic heterocycles. The van der Waals surface area contributed by atoms with Crippen LogP contribution in [0, 0.1) is 0 Å². The molecule has 0 amide bonds. The number of hydrogen-bond acceptors (Lipinski definition) is 4. The average Bonchev–Trinajstić information content (AvgIpc) is 2.37. The van der Waals surface area contributed by atoms with E-state index in [1.165, 1.54) is 4.90 Å². The second kappa shape index (κ2) is 9.61. The van der Waals surface area contributed by atoms with Gasteiger partial charge in [-0.1, -0.05) is 0 Å². The van der Waals surface area contributed by atoms with Gasteiger partial charge in [-0.2, -0.15) is 13.2 Å². The van der Waals surface area contributed by atoms with Gasteiger partial charge in [0, 0.05) is 45.9 Å². The van der Waals surface area contributed by atoms with Crippen LogP contribution in [0.1, 0.15) is 20.3 Å². The maximum Gasteiger partial charge on any atom is 0.401 e. The Bertz CT molecular complexity index is 267. The Hall–Kier alpha value is -0.370. The predicted octanol–water partition coefficient (Wildman–Crippen LogP) is 1.57. The predicted molar refractivity (Wildman–Crippen MR) is 77.5 cm³/mol. The zero-order valence-electron chi connectivity index (χ0n) is 13.1. The first kappa shape index (κ1) is 18.7. The fraction of sp³-hybridized carbons (Fsp3) is 1.00. The molecule has 1 saturated heterocycles. The molecular formula is C14H28F3N3O. The molecule has 1 aliphatic heterocycles. The van der Waals surface area contributed by atoms with Gasteiger partial charge in [0.05, 0.1) is 12.6 Å². The van der Waals surface area contributed by atoms with Crippen molar-refractivity contribution in [3.63, 3.8) is 0 Å². The Balaban J connectivity index is 1.96. The van der Waals surface area contributed by atoms with Gasteiger partial charge in [-0.3, -0.25) is 9.80 Å². The van der Waals surface area contributed by atoms with Crippen LogP contribution in [-0.4, -0.2) is 81.0 Å². The van der Waals surface area contributed by atoms with Crippen molar-refractivity contribution in [2.75, 3.05) is 59.0 Å². The Morgan fingerprint density at radius 3 is 2.24 bits per heavy atom. The molecule has 0 aliphatic carbocycles. The average molecular weight is 311 g/mol. The maximum atomic E-state index is 12.3. The van der Waals surface area contributed by atoms with E-state index in [1.807, 2.05) is 13.8 Å². The van der Waals surface area contributed by atoms with E-state index in [4.69, 9.17) is 4.74 Å². The number of alkyl halides is 3. The first-order valence-corrected chi connectivity index (χ1v) is 7.70. The van der Waals surface area contributed by atoms with Gasteiger partial charge in [-0.05, 0) is 26.8 Å². The summed E-state index contributed by atoms with van der Waals surface area (Å²) in [4.78, 5) is 3.69. The molecule has 1 rings (SSSR count). The van der Waals surface area contributed by atoms with E-state index in [1.54, 1.807) is 0 Å². The Labute approximate surface area is 125 Å². The maximum absolute atomic E-state index is 12.3. The second-order valence-corrected chi connectivity index (χ2v) is 5.76. The number of ether oxygens (including phenoxy) is 1. The highest BCUT2D eigenvalue weighted by Gasteiger charge is 2.31. The monoisotopic (exact) mass is 311 g/mol. The summed E-state index contributed by atoms with van der Waals surface area (Å²) in [7, 11) is 0. The third kappa shape index (κ3) is 10.1. The summed E-state index contributed by atoms with van der Waals surface area (Å²) < 4.78 is 42.2. The number of piperazine rings is 1. The Kier molecular flexibility index (Phi) is 8.55. The van der Waals surface area contributed by atoms with Crippen molar-refractivity contribution >= 4 is 0 Å². The third-order valence-electron chi connectivity index (χ3n) is 3.42. The smallest absolute Gasteiger partial charge is 0.379 e. The van der Waals surface area contributed by atoms with E-state index in [2.05, 4.69) is 10.2 Å². The van der Waals surface area contributed by atoms with Crippen molar-refractivity contribution in [1.82, 2.24) is 15.1 Å². The van der Waals surface area contributed by atoms with Crippen LogP contribution in [0.5, 0.6) is 0 Å². The standard InChI is InChI=1S/C14H28F3N3O/c1-13(2)21-11-3-4-18-5-6-19-7-9-20(10-8-19)12-14(15,16)17/h13,18H,3-12H2,1-2H3. The van der Waals surface area contributed by atoms with Crippen molar-refractivity contribution < 1.29 is 17.9 Å². The first-order valence-electron chi connectivity index (χ1n) is 7.70. The lowest BCUT2D eigenvalue weighted by Gasteiger charge is -2.34. The fourth-order valence-electron chi connectivity index (χ4n) is 2.30. The summed E-state index contributed by atoms with van der Waals surface area (Å²) in [6, 6.07) is 0. The molecule has 1 N–H and O–H groups in total. The molecule has 0 aromatic carbocycles. The van der Waals surface area contributed by atoms with Crippen LogP contribution in [0.15, 0.2) is 0 Å². The van der Waals surface area contributed by atoms with Gasteiger partial charge in [0.1, 0.15) is 0 Å². The number of nitrogens with one attached hydrogen (secondary N) is 1. The second-order valence-electron chi connectivity index (χ2n) is 5.76. The van der Waals surface area contributed by atoms with Crippen molar-refractivity contribution in [3.8, 4) is 0 Å². The molecule has 0 unspecified atom stereocenters. The molecule has 0 bridgehead atoms. The Morgan fingerprint density at radius 1 is 1.05 bits per heavy atom. The number of halogens is 3. The van der Waals surface area contributed by atoms with Crippen molar-refractivity contribution in [3.05, 3.63) is 0 Å². The minimum atomic E-state index is -4.08. The van der Waals surface area contributed by atoms with Gasteiger partial charge in [-0.15, -0.1) is 0 Å². The topological polar surface area (TPSA) is 27.7 Å². The highest BCUT2D eigenvalue weighted by molar-refractivity contribution is 4.74. The summed E-state index contributed by atoms with van der Waals surface area (Å²) in [6.45, 7) is 9.14. The molecule has 0 radical (unpaired) electrons. The van der Waals surface area contributed by atoms with Crippen LogP contribution in [0.4, 0.5) is 13.2 Å². The van der Waals surface area contributed by atoms with Gasteiger partial charge < -0.3 is 10.1 Å². The summed E-state index contributed by atoms with van der Waals surface area (Å²) in [5.74, 6) is 0. The van der Waals surface area contributed by atoms with Gasteiger partial charge in [0.25, 0.3) is 0 Å². The molecule has 0 atom stereocenters. The number of rotatable bonds is 9. The number of nitrogens with zero attached hydrogens (tertiary/aromatic N) is 2. The lowest BCUT2D eigenvalue weighted by molar-refractivity contribution is -0.149. The van der Waals surface area contributed by atoms with E-state index in [0.717, 1.165) is 32.7 Å². The molecule has 4 nitrogen and oxygen atoms in total. The van der Waals surface area contributed by atoms with Gasteiger partial charge >= 0.3 is 6.18 Å². The van der Waals surface area contributed by atoms with E-state index < -0.39 is 12.7 Å². The van der Waals surface area contributed by atoms with E-state index in [-0.39, 0.29) is 6.10 Å². The van der Waals surface area contributed by atoms with Crippen LogP contribution in [0.2, 0.25) is 0 Å².